The standard InChI is InChI=1S/C19H21N3O3/c1-21(11-14-7-9-15(25-2)10-8-14)13-19(24)22-12-18(23)20-16-5-3-4-6-17(16)22/h3-10H,11-13H2,1-2H3,(H,20,23)/p+1. The smallest absolute Gasteiger partial charge is 0.282 e. The van der Waals surface area contributed by atoms with Crippen molar-refractivity contribution in [2.75, 3.05) is 37.5 Å². The Bertz CT molecular complexity index is 774. The number of likely N-dealkylation sites (N-methyl/N-ethyl adjacent to an activating group) is 1. The van der Waals surface area contributed by atoms with Gasteiger partial charge in [0.25, 0.3) is 5.91 Å². The summed E-state index contributed by atoms with van der Waals surface area (Å²) in [4.78, 5) is 27.2. The van der Waals surface area contributed by atoms with Crippen LogP contribution < -0.4 is 19.9 Å². The summed E-state index contributed by atoms with van der Waals surface area (Å²) in [6.07, 6.45) is 0. The van der Waals surface area contributed by atoms with Gasteiger partial charge in [-0.25, -0.2) is 0 Å². The van der Waals surface area contributed by atoms with E-state index in [0.717, 1.165) is 28.4 Å². The van der Waals surface area contributed by atoms with Crippen LogP contribution in [0.2, 0.25) is 0 Å². The van der Waals surface area contributed by atoms with Crippen LogP contribution in [0.1, 0.15) is 5.56 Å². The molecule has 0 aromatic heterocycles. The molecule has 2 amide bonds. The van der Waals surface area contributed by atoms with Crippen molar-refractivity contribution in [3.63, 3.8) is 0 Å². The van der Waals surface area contributed by atoms with Gasteiger partial charge >= 0.3 is 0 Å². The van der Waals surface area contributed by atoms with E-state index < -0.39 is 0 Å². The monoisotopic (exact) mass is 340 g/mol. The molecule has 0 saturated heterocycles. The van der Waals surface area contributed by atoms with Gasteiger partial charge in [0.2, 0.25) is 5.91 Å². The second-order valence-corrected chi connectivity index (χ2v) is 6.20. The van der Waals surface area contributed by atoms with Crippen LogP contribution >= 0.6 is 0 Å². The molecule has 0 spiro atoms. The number of nitrogens with one attached hydrogen (secondary N) is 2. The summed E-state index contributed by atoms with van der Waals surface area (Å²) in [7, 11) is 3.61. The number of hydrogen-bond donors (Lipinski definition) is 2. The zero-order valence-corrected chi connectivity index (χ0v) is 14.4. The molecule has 0 aliphatic carbocycles. The normalized spacial score (nSPS) is 14.5. The van der Waals surface area contributed by atoms with Crippen LogP contribution in [0.15, 0.2) is 48.5 Å². The number of carbonyl (C=O) groups excluding carboxylic acids is 2. The number of rotatable bonds is 5. The van der Waals surface area contributed by atoms with E-state index in [1.807, 2.05) is 49.5 Å². The molecule has 2 aromatic carbocycles. The average Bonchev–Trinajstić information content (AvgIpc) is 2.61. The fourth-order valence-corrected chi connectivity index (χ4v) is 2.96. The van der Waals surface area contributed by atoms with Gasteiger partial charge in [-0.1, -0.05) is 12.1 Å². The summed E-state index contributed by atoms with van der Waals surface area (Å²) in [6, 6.07) is 15.2. The summed E-state index contributed by atoms with van der Waals surface area (Å²) in [5.74, 6) is 0.585. The second kappa shape index (κ2) is 7.36. The van der Waals surface area contributed by atoms with Gasteiger partial charge in [0, 0.05) is 5.56 Å². The van der Waals surface area contributed by atoms with Gasteiger partial charge < -0.3 is 15.0 Å². The highest BCUT2D eigenvalue weighted by Gasteiger charge is 2.28. The summed E-state index contributed by atoms with van der Waals surface area (Å²) in [5, 5.41) is 2.80. The van der Waals surface area contributed by atoms with E-state index in [1.165, 1.54) is 0 Å². The Labute approximate surface area is 147 Å². The van der Waals surface area contributed by atoms with E-state index in [4.69, 9.17) is 4.74 Å². The average molecular weight is 340 g/mol. The molecule has 1 heterocycles. The first kappa shape index (κ1) is 17.0. The zero-order chi connectivity index (χ0) is 17.8. The van der Waals surface area contributed by atoms with Crippen molar-refractivity contribution in [1.29, 1.82) is 0 Å². The van der Waals surface area contributed by atoms with Crippen molar-refractivity contribution in [2.24, 2.45) is 0 Å². The minimum atomic E-state index is -0.167. The number of carbonyl (C=O) groups is 2. The van der Waals surface area contributed by atoms with Crippen LogP contribution in [0.3, 0.4) is 0 Å². The maximum absolute atomic E-state index is 12.7. The molecule has 2 aromatic rings. The lowest BCUT2D eigenvalue weighted by Crippen LogP contribution is -3.09. The number of para-hydroxylation sites is 2. The van der Waals surface area contributed by atoms with Gasteiger partial charge in [-0.2, -0.15) is 0 Å². The Balaban J connectivity index is 1.66. The highest BCUT2D eigenvalue weighted by Crippen LogP contribution is 2.28. The molecule has 1 aliphatic rings. The quantitative estimate of drug-likeness (QED) is 0.842. The Morgan fingerprint density at radius 3 is 2.64 bits per heavy atom. The first-order valence-corrected chi connectivity index (χ1v) is 8.20. The van der Waals surface area contributed by atoms with Crippen molar-refractivity contribution >= 4 is 23.2 Å². The Hall–Kier alpha value is -2.86. The molecule has 1 aliphatic heterocycles. The fourth-order valence-electron chi connectivity index (χ4n) is 2.96. The highest BCUT2D eigenvalue weighted by molar-refractivity contribution is 6.10. The fraction of sp³-hybridized carbons (Fsp3) is 0.263. The first-order valence-electron chi connectivity index (χ1n) is 8.20. The van der Waals surface area contributed by atoms with E-state index in [0.29, 0.717) is 12.2 Å². The van der Waals surface area contributed by atoms with Crippen LogP contribution in [0.25, 0.3) is 0 Å². The van der Waals surface area contributed by atoms with Gasteiger partial charge in [-0.05, 0) is 36.4 Å². The van der Waals surface area contributed by atoms with Crippen molar-refractivity contribution in [3.8, 4) is 5.75 Å². The number of ether oxygens (including phenoxy) is 1. The molecule has 0 radical (unpaired) electrons. The van der Waals surface area contributed by atoms with Crippen LogP contribution in [0.4, 0.5) is 11.4 Å². The molecule has 3 rings (SSSR count). The second-order valence-electron chi connectivity index (χ2n) is 6.20. The Morgan fingerprint density at radius 1 is 1.20 bits per heavy atom. The van der Waals surface area contributed by atoms with Crippen LogP contribution in [0, 0.1) is 0 Å². The molecule has 6 heteroatoms. The van der Waals surface area contributed by atoms with E-state index in [9.17, 15) is 9.59 Å². The summed E-state index contributed by atoms with van der Waals surface area (Å²) in [6.45, 7) is 1.09. The number of nitrogens with zero attached hydrogens (tertiary/aromatic N) is 1. The minimum absolute atomic E-state index is 0.0612. The molecule has 0 saturated carbocycles. The molecular formula is C19H22N3O3+. The largest absolute Gasteiger partial charge is 0.497 e. The number of quaternary nitrogens is 1. The molecule has 1 unspecified atom stereocenters. The summed E-state index contributed by atoms with van der Waals surface area (Å²) < 4.78 is 5.16. The summed E-state index contributed by atoms with van der Waals surface area (Å²) >= 11 is 0. The van der Waals surface area contributed by atoms with E-state index in [2.05, 4.69) is 5.32 Å². The van der Waals surface area contributed by atoms with Crippen LogP contribution in [-0.2, 0) is 16.1 Å². The van der Waals surface area contributed by atoms with Crippen molar-refractivity contribution in [2.45, 2.75) is 6.54 Å². The maximum atomic E-state index is 12.7. The molecule has 130 valence electrons. The number of hydrogen-bond acceptors (Lipinski definition) is 3. The van der Waals surface area contributed by atoms with Crippen molar-refractivity contribution in [3.05, 3.63) is 54.1 Å². The molecule has 0 fully saturated rings. The van der Waals surface area contributed by atoms with Gasteiger partial charge in [0.05, 0.1) is 25.5 Å². The highest BCUT2D eigenvalue weighted by atomic mass is 16.5. The van der Waals surface area contributed by atoms with Gasteiger partial charge in [0.1, 0.15) is 18.8 Å². The van der Waals surface area contributed by atoms with Gasteiger partial charge in [-0.3, -0.25) is 14.5 Å². The first-order chi connectivity index (χ1) is 12.1. The third-order valence-electron chi connectivity index (χ3n) is 4.19. The van der Waals surface area contributed by atoms with Gasteiger partial charge in [-0.15, -0.1) is 0 Å². The topological polar surface area (TPSA) is 63.1 Å². The number of anilines is 2. The predicted octanol–water partition coefficient (Wildman–Crippen LogP) is 0.695. The zero-order valence-electron chi connectivity index (χ0n) is 14.4. The number of amides is 2. The van der Waals surface area contributed by atoms with Crippen molar-refractivity contribution in [1.82, 2.24) is 0 Å². The molecule has 2 N–H and O–H groups in total. The van der Waals surface area contributed by atoms with Crippen molar-refractivity contribution < 1.29 is 19.2 Å². The molecule has 25 heavy (non-hydrogen) atoms. The lowest BCUT2D eigenvalue weighted by Gasteiger charge is -2.29. The number of methoxy groups -OCH3 is 1. The molecular weight excluding hydrogens is 318 g/mol. The van der Waals surface area contributed by atoms with E-state index in [1.54, 1.807) is 18.1 Å². The molecule has 0 bridgehead atoms. The minimum Gasteiger partial charge on any atom is -0.497 e. The van der Waals surface area contributed by atoms with E-state index in [-0.39, 0.29) is 18.4 Å². The third-order valence-corrected chi connectivity index (χ3v) is 4.19. The Kier molecular flexibility index (Phi) is 5.00. The molecule has 1 atom stereocenters. The number of fused-ring (bicyclic) bond motifs is 1. The lowest BCUT2D eigenvalue weighted by molar-refractivity contribution is -0.885. The lowest BCUT2D eigenvalue weighted by atomic mass is 10.2. The SMILES string of the molecule is COc1ccc(C[NH+](C)CC(=O)N2CC(=O)Nc3ccccc32)cc1. The maximum Gasteiger partial charge on any atom is 0.282 e. The Morgan fingerprint density at radius 2 is 1.92 bits per heavy atom. The van der Waals surface area contributed by atoms with E-state index >= 15 is 0 Å². The number of benzene rings is 2. The third kappa shape index (κ3) is 3.97. The van der Waals surface area contributed by atoms with Crippen LogP contribution in [-0.4, -0.2) is 39.1 Å². The molecule has 6 nitrogen and oxygen atoms in total. The van der Waals surface area contributed by atoms with Crippen LogP contribution in [0.5, 0.6) is 5.75 Å². The van der Waals surface area contributed by atoms with Gasteiger partial charge in [0.15, 0.2) is 6.54 Å². The predicted molar refractivity (Wildman–Crippen MR) is 95.9 cm³/mol. The summed E-state index contributed by atoms with van der Waals surface area (Å²) in [5.41, 5.74) is 2.56.